The lowest BCUT2D eigenvalue weighted by Gasteiger charge is -2.25. The van der Waals surface area contributed by atoms with E-state index in [9.17, 15) is 18.0 Å². The Bertz CT molecular complexity index is 1120. The average Bonchev–Trinajstić information content (AvgIpc) is 3.05. The first-order valence-electron chi connectivity index (χ1n) is 9.53. The van der Waals surface area contributed by atoms with Crippen LogP contribution in [0.1, 0.15) is 17.2 Å². The summed E-state index contributed by atoms with van der Waals surface area (Å²) in [6, 6.07) is 18.2. The fourth-order valence-electron chi connectivity index (χ4n) is 3.62. The first-order chi connectivity index (χ1) is 14.6. The van der Waals surface area contributed by atoms with Gasteiger partial charge in [0.15, 0.2) is 0 Å². The minimum Gasteiger partial charge on any atom is -0.457 e. The molecule has 4 rings (SSSR count). The van der Waals surface area contributed by atoms with Crippen molar-refractivity contribution in [2.75, 3.05) is 13.6 Å². The number of ether oxygens (including phenoxy) is 1. The minimum atomic E-state index is -4.44. The Morgan fingerprint density at radius 1 is 1.00 bits per heavy atom. The lowest BCUT2D eigenvalue weighted by Crippen LogP contribution is -2.47. The van der Waals surface area contributed by atoms with Crippen molar-refractivity contribution in [1.29, 1.82) is 0 Å². The second-order valence-electron chi connectivity index (χ2n) is 7.55. The van der Waals surface area contributed by atoms with Gasteiger partial charge in [0.1, 0.15) is 29.8 Å². The minimum absolute atomic E-state index is 0.112. The molecule has 0 aliphatic carbocycles. The van der Waals surface area contributed by atoms with Crippen molar-refractivity contribution in [2.24, 2.45) is 0 Å². The molecule has 31 heavy (non-hydrogen) atoms. The number of likely N-dealkylation sites (N-methyl/N-ethyl adjacent to an activating group) is 1. The summed E-state index contributed by atoms with van der Waals surface area (Å²) >= 11 is 5.89. The van der Waals surface area contributed by atoms with Gasteiger partial charge in [-0.3, -0.25) is 5.32 Å². The number of carbonyl (C=O) groups excluding carboxylic acids is 1. The quantitative estimate of drug-likeness (QED) is 0.460. The van der Waals surface area contributed by atoms with Crippen molar-refractivity contribution in [2.45, 2.75) is 12.2 Å². The molecule has 4 nitrogen and oxygen atoms in total. The molecule has 2 amide bonds. The van der Waals surface area contributed by atoms with Crippen molar-refractivity contribution in [3.63, 3.8) is 0 Å². The summed E-state index contributed by atoms with van der Waals surface area (Å²) in [5, 5.41) is 3.41. The molecule has 0 saturated carbocycles. The number of nitrogens with one attached hydrogen (secondary N) is 1. The van der Waals surface area contributed by atoms with Gasteiger partial charge in [0.05, 0.1) is 12.6 Å². The van der Waals surface area contributed by atoms with E-state index in [1.807, 2.05) is 0 Å². The molecule has 1 fully saturated rings. The van der Waals surface area contributed by atoms with E-state index < -0.39 is 17.8 Å². The van der Waals surface area contributed by atoms with E-state index in [0.717, 1.165) is 12.1 Å². The molecule has 0 aromatic heterocycles. The number of quaternary nitrogens is 1. The van der Waals surface area contributed by atoms with Crippen LogP contribution in [0, 0.1) is 0 Å². The van der Waals surface area contributed by atoms with Gasteiger partial charge in [-0.15, -0.1) is 0 Å². The molecule has 0 spiro atoms. The average molecular weight is 448 g/mol. The third-order valence-electron chi connectivity index (χ3n) is 5.35. The van der Waals surface area contributed by atoms with Crippen LogP contribution in [0.5, 0.6) is 11.5 Å². The second kappa shape index (κ2) is 7.90. The lowest BCUT2D eigenvalue weighted by molar-refractivity contribution is -0.137. The van der Waals surface area contributed by atoms with Crippen LogP contribution in [0.25, 0.3) is 0 Å². The fourth-order valence-corrected chi connectivity index (χ4v) is 3.75. The zero-order valence-corrected chi connectivity index (χ0v) is 17.2. The molecule has 3 aromatic carbocycles. The number of rotatable bonds is 4. The third kappa shape index (κ3) is 4.38. The Hall–Kier alpha value is -3.03. The highest BCUT2D eigenvalue weighted by Gasteiger charge is 2.46. The van der Waals surface area contributed by atoms with E-state index in [1.54, 1.807) is 61.6 Å². The molecule has 0 radical (unpaired) electrons. The number of benzene rings is 3. The van der Waals surface area contributed by atoms with Crippen LogP contribution in [0.2, 0.25) is 5.02 Å². The normalized spacial score (nSPS) is 21.1. The largest absolute Gasteiger partial charge is 0.457 e. The van der Waals surface area contributed by atoms with Gasteiger partial charge in [-0.05, 0) is 54.1 Å². The van der Waals surface area contributed by atoms with Crippen LogP contribution in [-0.4, -0.2) is 19.6 Å². The Balaban J connectivity index is 1.58. The standard InChI is InChI=1S/C23H18ClF3N2O2/c1-29(18-6-3-7-20(13-18)31-19-10-8-17(24)9-11-19)14-21(28-22(29)30)15-4-2-5-16(12-15)23(25,26)27/h2-13,21H,14H2,1H3/p+1. The summed E-state index contributed by atoms with van der Waals surface area (Å²) in [5.74, 6) is 1.13. The first kappa shape index (κ1) is 21.2. The summed E-state index contributed by atoms with van der Waals surface area (Å²) in [5.41, 5.74) is 0.343. The van der Waals surface area contributed by atoms with Crippen molar-refractivity contribution < 1.29 is 22.7 Å². The molecular formula is C23H19ClF3N2O2+. The molecule has 2 unspecified atom stereocenters. The van der Waals surface area contributed by atoms with Gasteiger partial charge in [-0.1, -0.05) is 29.8 Å². The first-order valence-corrected chi connectivity index (χ1v) is 9.91. The maximum absolute atomic E-state index is 13.1. The monoisotopic (exact) mass is 447 g/mol. The number of nitrogens with zero attached hydrogens (tertiary/aromatic N) is 1. The maximum atomic E-state index is 13.1. The summed E-state index contributed by atoms with van der Waals surface area (Å²) in [6.07, 6.45) is -4.44. The Morgan fingerprint density at radius 3 is 2.42 bits per heavy atom. The van der Waals surface area contributed by atoms with Crippen LogP contribution in [-0.2, 0) is 6.18 Å². The van der Waals surface area contributed by atoms with Gasteiger partial charge in [0.2, 0.25) is 0 Å². The van der Waals surface area contributed by atoms with Crippen LogP contribution < -0.4 is 14.5 Å². The van der Waals surface area contributed by atoms with Crippen molar-refractivity contribution in [3.8, 4) is 11.5 Å². The molecule has 1 saturated heterocycles. The predicted octanol–water partition coefficient (Wildman–Crippen LogP) is 6.55. The number of amides is 2. The smallest absolute Gasteiger partial charge is 0.422 e. The fraction of sp³-hybridized carbons (Fsp3) is 0.174. The Labute approximate surface area is 182 Å². The van der Waals surface area contributed by atoms with E-state index in [0.29, 0.717) is 27.8 Å². The molecule has 1 aliphatic heterocycles. The Kier molecular flexibility index (Phi) is 5.41. The molecule has 2 atom stereocenters. The van der Waals surface area contributed by atoms with Gasteiger partial charge in [-0.25, -0.2) is 9.28 Å². The topological polar surface area (TPSA) is 38.3 Å². The number of alkyl halides is 3. The van der Waals surface area contributed by atoms with E-state index >= 15 is 0 Å². The molecular weight excluding hydrogens is 429 g/mol. The highest BCUT2D eigenvalue weighted by molar-refractivity contribution is 6.30. The highest BCUT2D eigenvalue weighted by atomic mass is 35.5. The molecule has 160 valence electrons. The zero-order valence-electron chi connectivity index (χ0n) is 16.5. The summed E-state index contributed by atoms with van der Waals surface area (Å²) in [6.45, 7) is 0.268. The SMILES string of the molecule is C[N+]1(c2cccc(Oc3ccc(Cl)cc3)c2)CC(c2cccc(C(F)(F)F)c2)NC1=O. The van der Waals surface area contributed by atoms with Gasteiger partial charge in [0.25, 0.3) is 0 Å². The maximum Gasteiger partial charge on any atom is 0.422 e. The van der Waals surface area contributed by atoms with Gasteiger partial charge >= 0.3 is 12.2 Å². The highest BCUT2D eigenvalue weighted by Crippen LogP contribution is 2.36. The predicted molar refractivity (Wildman–Crippen MR) is 113 cm³/mol. The number of urea groups is 1. The van der Waals surface area contributed by atoms with Gasteiger partial charge < -0.3 is 4.74 Å². The molecule has 8 heteroatoms. The summed E-state index contributed by atoms with van der Waals surface area (Å²) in [7, 11) is 1.73. The number of hydrogen-bond acceptors (Lipinski definition) is 2. The van der Waals surface area contributed by atoms with E-state index in [-0.39, 0.29) is 17.1 Å². The van der Waals surface area contributed by atoms with Crippen LogP contribution in [0.15, 0.2) is 72.8 Å². The summed E-state index contributed by atoms with van der Waals surface area (Å²) in [4.78, 5) is 12.9. The number of hydrogen-bond donors (Lipinski definition) is 1. The third-order valence-corrected chi connectivity index (χ3v) is 5.60. The molecule has 1 aliphatic rings. The van der Waals surface area contributed by atoms with Crippen molar-refractivity contribution in [3.05, 3.63) is 88.9 Å². The van der Waals surface area contributed by atoms with E-state index in [1.165, 1.54) is 6.07 Å². The van der Waals surface area contributed by atoms with Crippen molar-refractivity contribution >= 4 is 23.3 Å². The van der Waals surface area contributed by atoms with Crippen LogP contribution >= 0.6 is 11.6 Å². The van der Waals surface area contributed by atoms with Crippen LogP contribution in [0.4, 0.5) is 23.7 Å². The van der Waals surface area contributed by atoms with Crippen molar-refractivity contribution in [1.82, 2.24) is 9.80 Å². The van der Waals surface area contributed by atoms with Gasteiger partial charge in [0, 0.05) is 11.1 Å². The zero-order chi connectivity index (χ0) is 22.2. The van der Waals surface area contributed by atoms with Crippen LogP contribution in [0.3, 0.4) is 0 Å². The number of carbonyl (C=O) groups is 1. The summed E-state index contributed by atoms with van der Waals surface area (Å²) < 4.78 is 45.0. The number of halogens is 4. The van der Waals surface area contributed by atoms with Gasteiger partial charge in [-0.2, -0.15) is 13.2 Å². The van der Waals surface area contributed by atoms with E-state index in [4.69, 9.17) is 16.3 Å². The Morgan fingerprint density at radius 2 is 1.71 bits per heavy atom. The molecule has 3 aromatic rings. The molecule has 1 N–H and O–H groups in total. The van der Waals surface area contributed by atoms with E-state index in [2.05, 4.69) is 5.32 Å². The lowest BCUT2D eigenvalue weighted by atomic mass is 10.0. The molecule has 0 bridgehead atoms. The second-order valence-corrected chi connectivity index (χ2v) is 7.99. The molecule has 1 heterocycles.